The molecule has 1 aliphatic rings. The zero-order valence-electron chi connectivity index (χ0n) is 15.2. The molecule has 0 N–H and O–H groups in total. The van der Waals surface area contributed by atoms with Crippen molar-refractivity contribution in [2.75, 3.05) is 26.3 Å². The number of hydrogen-bond acceptors (Lipinski definition) is 3. The van der Waals surface area contributed by atoms with Crippen LogP contribution in [0.2, 0.25) is 5.02 Å². The summed E-state index contributed by atoms with van der Waals surface area (Å²) >= 11 is 6.21. The Hall–Kier alpha value is -1.88. The molecule has 1 atom stereocenters. The Balaban J connectivity index is 1.55. The van der Waals surface area contributed by atoms with Gasteiger partial charge in [-0.25, -0.2) is 0 Å². The molecule has 4 nitrogen and oxygen atoms in total. The maximum atomic E-state index is 12.8. The average Bonchev–Trinajstić information content (AvgIpc) is 2.63. The smallest absolute Gasteiger partial charge is 0.255 e. The van der Waals surface area contributed by atoms with Crippen molar-refractivity contribution in [2.45, 2.75) is 26.6 Å². The van der Waals surface area contributed by atoms with E-state index in [9.17, 15) is 4.79 Å². The van der Waals surface area contributed by atoms with Crippen LogP contribution in [0.15, 0.2) is 42.5 Å². The van der Waals surface area contributed by atoms with Crippen molar-refractivity contribution in [1.29, 1.82) is 0 Å². The molecule has 1 aliphatic heterocycles. The summed E-state index contributed by atoms with van der Waals surface area (Å²) in [5.74, 6) is -0.0503. The second-order valence-electron chi connectivity index (χ2n) is 6.73. The van der Waals surface area contributed by atoms with Gasteiger partial charge in [0.1, 0.15) is 0 Å². The number of ether oxygens (including phenoxy) is 2. The van der Waals surface area contributed by atoms with Gasteiger partial charge in [0, 0.05) is 13.1 Å². The van der Waals surface area contributed by atoms with Gasteiger partial charge in [0.25, 0.3) is 5.91 Å². The molecule has 5 heteroatoms. The summed E-state index contributed by atoms with van der Waals surface area (Å²) in [6.07, 6.45) is -0.124. The standard InChI is InChI=1S/C21H24ClNO3/c1-15-4-3-5-17(10-15)13-25-14-18-12-23(8-9-26-18)21(24)19-11-16(2)6-7-20(19)22/h3-7,10-11,18H,8-9,12-14H2,1-2H3. The van der Waals surface area contributed by atoms with E-state index in [1.54, 1.807) is 11.0 Å². The van der Waals surface area contributed by atoms with Crippen molar-refractivity contribution in [3.63, 3.8) is 0 Å². The van der Waals surface area contributed by atoms with E-state index in [1.807, 2.05) is 31.2 Å². The van der Waals surface area contributed by atoms with Crippen LogP contribution in [0, 0.1) is 13.8 Å². The second-order valence-corrected chi connectivity index (χ2v) is 7.14. The van der Waals surface area contributed by atoms with Gasteiger partial charge in [-0.3, -0.25) is 4.79 Å². The number of morpholine rings is 1. The Morgan fingerprint density at radius 2 is 2.04 bits per heavy atom. The lowest BCUT2D eigenvalue weighted by Gasteiger charge is -2.33. The fourth-order valence-corrected chi connectivity index (χ4v) is 3.29. The van der Waals surface area contributed by atoms with Gasteiger partial charge in [-0.1, -0.05) is 53.1 Å². The molecule has 0 spiro atoms. The highest BCUT2D eigenvalue weighted by molar-refractivity contribution is 6.33. The molecular weight excluding hydrogens is 350 g/mol. The Bertz CT molecular complexity index is 778. The van der Waals surface area contributed by atoms with Crippen molar-refractivity contribution >= 4 is 17.5 Å². The lowest BCUT2D eigenvalue weighted by molar-refractivity contribution is -0.0647. The van der Waals surface area contributed by atoms with Crippen LogP contribution >= 0.6 is 11.6 Å². The van der Waals surface area contributed by atoms with Crippen LogP contribution in [0.3, 0.4) is 0 Å². The van der Waals surface area contributed by atoms with Crippen molar-refractivity contribution in [3.8, 4) is 0 Å². The van der Waals surface area contributed by atoms with Gasteiger partial charge >= 0.3 is 0 Å². The Kier molecular flexibility index (Phi) is 6.30. The maximum absolute atomic E-state index is 12.8. The molecule has 1 unspecified atom stereocenters. The number of halogens is 1. The summed E-state index contributed by atoms with van der Waals surface area (Å²) in [6, 6.07) is 13.8. The highest BCUT2D eigenvalue weighted by atomic mass is 35.5. The highest BCUT2D eigenvalue weighted by Crippen LogP contribution is 2.20. The van der Waals surface area contributed by atoms with E-state index in [-0.39, 0.29) is 12.0 Å². The molecule has 26 heavy (non-hydrogen) atoms. The minimum atomic E-state index is -0.124. The molecule has 0 aliphatic carbocycles. The zero-order chi connectivity index (χ0) is 18.5. The fraction of sp³-hybridized carbons (Fsp3) is 0.381. The average molecular weight is 374 g/mol. The predicted molar refractivity (Wildman–Crippen MR) is 103 cm³/mol. The number of aryl methyl sites for hydroxylation is 2. The second kappa shape index (κ2) is 8.67. The first-order valence-electron chi connectivity index (χ1n) is 8.83. The molecule has 138 valence electrons. The summed E-state index contributed by atoms with van der Waals surface area (Å²) in [5.41, 5.74) is 3.92. The van der Waals surface area contributed by atoms with Crippen LogP contribution in [-0.2, 0) is 16.1 Å². The first kappa shape index (κ1) is 18.9. The molecule has 1 heterocycles. The maximum Gasteiger partial charge on any atom is 0.255 e. The lowest BCUT2D eigenvalue weighted by atomic mass is 10.1. The molecule has 1 saturated heterocycles. The third kappa shape index (κ3) is 4.85. The minimum Gasteiger partial charge on any atom is -0.374 e. The number of rotatable bonds is 5. The molecule has 2 aromatic rings. The van der Waals surface area contributed by atoms with E-state index < -0.39 is 0 Å². The van der Waals surface area contributed by atoms with E-state index in [1.165, 1.54) is 5.56 Å². The number of carbonyl (C=O) groups is 1. The van der Waals surface area contributed by atoms with E-state index >= 15 is 0 Å². The van der Waals surface area contributed by atoms with E-state index in [4.69, 9.17) is 21.1 Å². The predicted octanol–water partition coefficient (Wildman–Crippen LogP) is 4.01. The first-order valence-corrected chi connectivity index (χ1v) is 9.21. The minimum absolute atomic E-state index is 0.0503. The Labute approximate surface area is 159 Å². The van der Waals surface area contributed by atoms with Gasteiger partial charge in [-0.2, -0.15) is 0 Å². The molecular formula is C21H24ClNO3. The quantitative estimate of drug-likeness (QED) is 0.794. The number of benzene rings is 2. The zero-order valence-corrected chi connectivity index (χ0v) is 16.0. The summed E-state index contributed by atoms with van der Waals surface area (Å²) in [6.45, 7) is 6.60. The van der Waals surface area contributed by atoms with Gasteiger partial charge in [0.05, 0.1) is 36.5 Å². The van der Waals surface area contributed by atoms with Gasteiger partial charge in [0.15, 0.2) is 0 Å². The van der Waals surface area contributed by atoms with Crippen molar-refractivity contribution in [3.05, 3.63) is 69.7 Å². The third-order valence-electron chi connectivity index (χ3n) is 4.43. The van der Waals surface area contributed by atoms with E-state index in [0.29, 0.717) is 43.5 Å². The van der Waals surface area contributed by atoms with Crippen LogP contribution in [0.4, 0.5) is 0 Å². The van der Waals surface area contributed by atoms with Crippen LogP contribution in [-0.4, -0.2) is 43.2 Å². The third-order valence-corrected chi connectivity index (χ3v) is 4.76. The molecule has 0 radical (unpaired) electrons. The first-order chi connectivity index (χ1) is 12.5. The van der Waals surface area contributed by atoms with Gasteiger partial charge in [0.2, 0.25) is 0 Å². The number of hydrogen-bond donors (Lipinski definition) is 0. The largest absolute Gasteiger partial charge is 0.374 e. The van der Waals surface area contributed by atoms with Crippen molar-refractivity contribution < 1.29 is 14.3 Å². The van der Waals surface area contributed by atoms with Crippen LogP contribution in [0.25, 0.3) is 0 Å². The van der Waals surface area contributed by atoms with Gasteiger partial charge in [-0.15, -0.1) is 0 Å². The van der Waals surface area contributed by atoms with E-state index in [0.717, 1.165) is 11.1 Å². The molecule has 2 aromatic carbocycles. The Morgan fingerprint density at radius 3 is 2.85 bits per heavy atom. The van der Waals surface area contributed by atoms with Crippen LogP contribution in [0.1, 0.15) is 27.0 Å². The van der Waals surface area contributed by atoms with Gasteiger partial charge < -0.3 is 14.4 Å². The van der Waals surface area contributed by atoms with E-state index in [2.05, 4.69) is 19.1 Å². The van der Waals surface area contributed by atoms with Gasteiger partial charge in [-0.05, 0) is 31.5 Å². The molecule has 1 amide bonds. The summed E-state index contributed by atoms with van der Waals surface area (Å²) < 4.78 is 11.6. The normalized spacial score (nSPS) is 17.3. The monoisotopic (exact) mass is 373 g/mol. The molecule has 0 aromatic heterocycles. The molecule has 0 bridgehead atoms. The number of nitrogens with zero attached hydrogens (tertiary/aromatic N) is 1. The highest BCUT2D eigenvalue weighted by Gasteiger charge is 2.26. The fourth-order valence-electron chi connectivity index (χ4n) is 3.09. The SMILES string of the molecule is Cc1cccc(COCC2CN(C(=O)c3cc(C)ccc3Cl)CCO2)c1. The van der Waals surface area contributed by atoms with Crippen molar-refractivity contribution in [1.82, 2.24) is 4.90 Å². The topological polar surface area (TPSA) is 38.8 Å². The molecule has 1 fully saturated rings. The lowest BCUT2D eigenvalue weighted by Crippen LogP contribution is -2.47. The summed E-state index contributed by atoms with van der Waals surface area (Å²) in [7, 11) is 0. The molecule has 0 saturated carbocycles. The van der Waals surface area contributed by atoms with Crippen LogP contribution < -0.4 is 0 Å². The summed E-state index contributed by atoms with van der Waals surface area (Å²) in [4.78, 5) is 14.6. The van der Waals surface area contributed by atoms with Crippen LogP contribution in [0.5, 0.6) is 0 Å². The number of carbonyl (C=O) groups excluding carboxylic acids is 1. The number of amides is 1. The Morgan fingerprint density at radius 1 is 1.23 bits per heavy atom. The van der Waals surface area contributed by atoms with Crippen molar-refractivity contribution in [2.24, 2.45) is 0 Å². The summed E-state index contributed by atoms with van der Waals surface area (Å²) in [5, 5.41) is 0.485. The molecule has 3 rings (SSSR count).